The molecule has 0 aliphatic rings. The van der Waals surface area contributed by atoms with Crippen molar-refractivity contribution in [1.82, 2.24) is 0 Å². The molecule has 112 valence electrons. The molecule has 20 heavy (non-hydrogen) atoms. The monoisotopic (exact) mass is 281 g/mol. The van der Waals surface area contributed by atoms with E-state index in [0.29, 0.717) is 6.61 Å². The second kappa shape index (κ2) is 8.37. The number of hydrogen-bond acceptors (Lipinski definition) is 5. The minimum absolute atomic E-state index is 0.0903. The van der Waals surface area contributed by atoms with Gasteiger partial charge in [-0.2, -0.15) is 0 Å². The van der Waals surface area contributed by atoms with Gasteiger partial charge in [0.1, 0.15) is 0 Å². The number of methoxy groups -OCH3 is 1. The fourth-order valence-electron chi connectivity index (χ4n) is 1.82. The van der Waals surface area contributed by atoms with Crippen molar-refractivity contribution >= 4 is 17.1 Å². The van der Waals surface area contributed by atoms with Gasteiger partial charge in [-0.3, -0.25) is 10.1 Å². The van der Waals surface area contributed by atoms with Gasteiger partial charge in [-0.15, -0.1) is 0 Å². The molecule has 0 spiro atoms. The fraction of sp³-hybridized carbons (Fsp3) is 0.571. The van der Waals surface area contributed by atoms with Gasteiger partial charge in [0.15, 0.2) is 0 Å². The predicted octanol–water partition coefficient (Wildman–Crippen LogP) is 3.25. The highest BCUT2D eigenvalue weighted by Crippen LogP contribution is 2.25. The quantitative estimate of drug-likeness (QED) is 0.536. The summed E-state index contributed by atoms with van der Waals surface area (Å²) in [5.41, 5.74) is 1.61. The summed E-state index contributed by atoms with van der Waals surface area (Å²) in [6.07, 6.45) is 1.81. The lowest BCUT2D eigenvalue weighted by Gasteiger charge is -2.16. The fourth-order valence-corrected chi connectivity index (χ4v) is 1.82. The molecule has 0 saturated carbocycles. The number of nitro benzene ring substituents is 1. The van der Waals surface area contributed by atoms with E-state index >= 15 is 0 Å². The first-order valence-electron chi connectivity index (χ1n) is 6.85. The number of rotatable bonds is 9. The molecular weight excluding hydrogens is 258 g/mol. The number of hydrogen-bond donors (Lipinski definition) is 2. The Bertz CT molecular complexity index is 438. The summed E-state index contributed by atoms with van der Waals surface area (Å²) in [5.74, 6) is 0. The number of ether oxygens (including phenoxy) is 1. The van der Waals surface area contributed by atoms with E-state index < -0.39 is 0 Å². The van der Waals surface area contributed by atoms with Crippen LogP contribution in [0.4, 0.5) is 17.1 Å². The van der Waals surface area contributed by atoms with Gasteiger partial charge in [-0.1, -0.05) is 6.92 Å². The van der Waals surface area contributed by atoms with Gasteiger partial charge in [-0.05, 0) is 25.8 Å². The van der Waals surface area contributed by atoms with Gasteiger partial charge < -0.3 is 15.4 Å². The lowest BCUT2D eigenvalue weighted by molar-refractivity contribution is -0.384. The van der Waals surface area contributed by atoms with Crippen LogP contribution < -0.4 is 10.6 Å². The van der Waals surface area contributed by atoms with Crippen molar-refractivity contribution in [3.05, 3.63) is 28.3 Å². The average molecular weight is 281 g/mol. The van der Waals surface area contributed by atoms with Crippen molar-refractivity contribution in [2.24, 2.45) is 0 Å². The Kier molecular flexibility index (Phi) is 6.79. The zero-order valence-electron chi connectivity index (χ0n) is 12.3. The van der Waals surface area contributed by atoms with Crippen molar-refractivity contribution in [2.75, 3.05) is 30.9 Å². The number of nitrogens with one attached hydrogen (secondary N) is 2. The second-order valence-corrected chi connectivity index (χ2v) is 4.78. The minimum Gasteiger partial charge on any atom is -0.385 e. The Labute approximate surface area is 119 Å². The third kappa shape index (κ3) is 5.44. The van der Waals surface area contributed by atoms with Crippen LogP contribution >= 0.6 is 0 Å². The van der Waals surface area contributed by atoms with Crippen LogP contribution in [0.15, 0.2) is 18.2 Å². The van der Waals surface area contributed by atoms with Crippen molar-refractivity contribution < 1.29 is 9.66 Å². The predicted molar refractivity (Wildman–Crippen MR) is 81.5 cm³/mol. The maximum absolute atomic E-state index is 11.0. The molecule has 6 heteroatoms. The summed E-state index contributed by atoms with van der Waals surface area (Å²) in [6, 6.07) is 5.20. The van der Waals surface area contributed by atoms with Crippen LogP contribution in [0.25, 0.3) is 0 Å². The van der Waals surface area contributed by atoms with Crippen LogP contribution in [0.3, 0.4) is 0 Å². The third-order valence-corrected chi connectivity index (χ3v) is 2.88. The van der Waals surface area contributed by atoms with Gasteiger partial charge in [0.05, 0.1) is 4.92 Å². The van der Waals surface area contributed by atoms with Gasteiger partial charge in [0, 0.05) is 49.8 Å². The first kappa shape index (κ1) is 16.2. The lowest BCUT2D eigenvalue weighted by atomic mass is 10.2. The molecule has 0 aliphatic heterocycles. The van der Waals surface area contributed by atoms with E-state index in [2.05, 4.69) is 17.6 Å². The van der Waals surface area contributed by atoms with Crippen LogP contribution in [0, 0.1) is 10.1 Å². The molecule has 0 saturated heterocycles. The molecule has 1 rings (SSSR count). The Hall–Kier alpha value is -1.82. The second-order valence-electron chi connectivity index (χ2n) is 4.78. The number of nitro groups is 1. The summed E-state index contributed by atoms with van der Waals surface area (Å²) in [4.78, 5) is 10.6. The number of non-ortho nitro benzene ring substituents is 1. The Morgan fingerprint density at radius 1 is 1.35 bits per heavy atom. The molecule has 0 heterocycles. The summed E-state index contributed by atoms with van der Waals surface area (Å²) in [5, 5.41) is 17.4. The van der Waals surface area contributed by atoms with Crippen molar-refractivity contribution in [3.8, 4) is 0 Å². The molecule has 0 aromatic heterocycles. The maximum atomic E-state index is 11.0. The van der Waals surface area contributed by atoms with Crippen molar-refractivity contribution in [3.63, 3.8) is 0 Å². The van der Waals surface area contributed by atoms with Gasteiger partial charge in [0.2, 0.25) is 0 Å². The Morgan fingerprint density at radius 2 is 2.05 bits per heavy atom. The topological polar surface area (TPSA) is 76.4 Å². The molecule has 1 aromatic carbocycles. The van der Waals surface area contributed by atoms with Gasteiger partial charge in [-0.25, -0.2) is 0 Å². The molecule has 1 atom stereocenters. The summed E-state index contributed by atoms with van der Waals surface area (Å²) in [7, 11) is 1.66. The highest BCUT2D eigenvalue weighted by Gasteiger charge is 2.11. The van der Waals surface area contributed by atoms with Crippen LogP contribution in [0.2, 0.25) is 0 Å². The summed E-state index contributed by atoms with van der Waals surface area (Å²) >= 11 is 0. The van der Waals surface area contributed by atoms with Crippen LogP contribution in [-0.2, 0) is 4.74 Å². The molecule has 0 bridgehead atoms. The van der Waals surface area contributed by atoms with Crippen molar-refractivity contribution in [1.29, 1.82) is 0 Å². The molecule has 1 aromatic rings. The first-order valence-corrected chi connectivity index (χ1v) is 6.85. The molecule has 1 unspecified atom stereocenters. The maximum Gasteiger partial charge on any atom is 0.273 e. The lowest BCUT2D eigenvalue weighted by Crippen LogP contribution is -2.17. The van der Waals surface area contributed by atoms with E-state index in [0.717, 1.165) is 30.8 Å². The number of nitrogens with zero attached hydrogens (tertiary/aromatic N) is 1. The van der Waals surface area contributed by atoms with E-state index in [1.807, 2.05) is 13.0 Å². The molecule has 2 N–H and O–H groups in total. The van der Waals surface area contributed by atoms with E-state index in [4.69, 9.17) is 4.74 Å². The van der Waals surface area contributed by atoms with Crippen LogP contribution in [-0.4, -0.2) is 31.2 Å². The highest BCUT2D eigenvalue weighted by atomic mass is 16.6. The average Bonchev–Trinajstić information content (AvgIpc) is 2.42. The Morgan fingerprint density at radius 3 is 2.65 bits per heavy atom. The largest absolute Gasteiger partial charge is 0.385 e. The summed E-state index contributed by atoms with van der Waals surface area (Å²) in [6.45, 7) is 5.53. The zero-order valence-corrected chi connectivity index (χ0v) is 12.3. The van der Waals surface area contributed by atoms with Crippen LogP contribution in [0.1, 0.15) is 26.7 Å². The smallest absolute Gasteiger partial charge is 0.273 e. The first-order chi connectivity index (χ1) is 9.56. The highest BCUT2D eigenvalue weighted by molar-refractivity contribution is 5.63. The van der Waals surface area contributed by atoms with Gasteiger partial charge in [0.25, 0.3) is 5.69 Å². The summed E-state index contributed by atoms with van der Waals surface area (Å²) < 4.78 is 5.03. The number of benzene rings is 1. The van der Waals surface area contributed by atoms with E-state index in [1.54, 1.807) is 19.2 Å². The molecule has 0 radical (unpaired) electrons. The minimum atomic E-state index is -0.373. The van der Waals surface area contributed by atoms with E-state index in [-0.39, 0.29) is 16.7 Å². The zero-order chi connectivity index (χ0) is 15.0. The van der Waals surface area contributed by atoms with Crippen LogP contribution in [0.5, 0.6) is 0 Å². The third-order valence-electron chi connectivity index (χ3n) is 2.88. The Balaban J connectivity index is 2.82. The molecule has 0 amide bonds. The molecule has 6 nitrogen and oxygen atoms in total. The SMILES string of the molecule is CCCNc1cc(NC(C)CCOC)cc([N+](=O)[O-])c1. The number of anilines is 2. The molecule has 0 fully saturated rings. The standard InChI is InChI=1S/C14H23N3O3/c1-4-6-15-12-8-13(10-14(9-12)17(18)19)16-11(2)5-7-20-3/h8-11,15-16H,4-7H2,1-3H3. The normalized spacial score (nSPS) is 11.9. The van der Waals surface area contributed by atoms with Gasteiger partial charge >= 0.3 is 0 Å². The van der Waals surface area contributed by atoms with E-state index in [9.17, 15) is 10.1 Å². The molecule has 0 aliphatic carbocycles. The molecular formula is C14H23N3O3. The van der Waals surface area contributed by atoms with Crippen molar-refractivity contribution in [2.45, 2.75) is 32.7 Å². The van der Waals surface area contributed by atoms with E-state index in [1.165, 1.54) is 0 Å².